The molecule has 0 aliphatic rings. The van der Waals surface area contributed by atoms with Crippen LogP contribution in [0.15, 0.2) is 19.0 Å². The molecule has 1 amide bonds. The predicted molar refractivity (Wildman–Crippen MR) is 205 cm³/mol. The van der Waals surface area contributed by atoms with Crippen molar-refractivity contribution < 1.29 is 28.6 Å². The third-order valence-corrected chi connectivity index (χ3v) is 9.41. The van der Waals surface area contributed by atoms with Gasteiger partial charge in [0.05, 0.1) is 19.5 Å². The minimum absolute atomic E-state index is 0.0318. The van der Waals surface area contributed by atoms with Crippen molar-refractivity contribution in [3.8, 4) is 0 Å². The Morgan fingerprint density at radius 2 is 1.52 bits per heavy atom. The van der Waals surface area contributed by atoms with E-state index in [9.17, 15) is 14.4 Å². The molecule has 0 aliphatic heterocycles. The van der Waals surface area contributed by atoms with Crippen LogP contribution in [-0.2, 0) is 30.3 Å². The number of hydrogen-bond donors (Lipinski definition) is 2. The highest BCUT2D eigenvalue weighted by Crippen LogP contribution is 2.20. The molecule has 0 saturated heterocycles. The Hall–Kier alpha value is -2.97. The molecular formula is C37H61IN6O6. The van der Waals surface area contributed by atoms with Gasteiger partial charge in [-0.15, -0.1) is 0 Å². The number of carbonyl (C=O) groups is 3. The molecule has 0 radical (unpaired) electrons. The second-order valence-electron chi connectivity index (χ2n) is 13.4. The summed E-state index contributed by atoms with van der Waals surface area (Å²) in [7, 11) is 0. The van der Waals surface area contributed by atoms with Gasteiger partial charge in [0.2, 0.25) is 5.95 Å². The lowest BCUT2D eigenvalue weighted by atomic mass is 10.0. The maximum atomic E-state index is 12.9. The zero-order valence-corrected chi connectivity index (χ0v) is 32.8. The SMILES string of the molecule is C=CCOC(=O)N[C@H](C(=O)OCC[C@@H](COC(=O)CCCCCCCCCCCCCCCCC)Cn1cnc2c(I)nc(N)nc21)C(C)C. The van der Waals surface area contributed by atoms with Gasteiger partial charge in [-0.25, -0.2) is 19.6 Å². The molecule has 0 spiro atoms. The van der Waals surface area contributed by atoms with Crippen LogP contribution in [0.3, 0.4) is 0 Å². The molecule has 2 atom stereocenters. The zero-order chi connectivity index (χ0) is 36.6. The van der Waals surface area contributed by atoms with Crippen molar-refractivity contribution in [1.82, 2.24) is 24.8 Å². The largest absolute Gasteiger partial charge is 0.465 e. The number of alkyl carbamates (subject to hydrolysis) is 1. The molecule has 2 aromatic heterocycles. The number of esters is 2. The van der Waals surface area contributed by atoms with Gasteiger partial charge in [0.1, 0.15) is 21.9 Å². The molecule has 2 rings (SSSR count). The van der Waals surface area contributed by atoms with Crippen LogP contribution in [0.2, 0.25) is 0 Å². The summed E-state index contributed by atoms with van der Waals surface area (Å²) in [5, 5.41) is 2.56. The maximum absolute atomic E-state index is 12.9. The van der Waals surface area contributed by atoms with E-state index in [0.717, 1.165) is 19.3 Å². The molecule has 0 bridgehead atoms. The van der Waals surface area contributed by atoms with Gasteiger partial charge >= 0.3 is 18.0 Å². The lowest BCUT2D eigenvalue weighted by Gasteiger charge is -2.22. The smallest absolute Gasteiger partial charge is 0.408 e. The van der Waals surface area contributed by atoms with E-state index < -0.39 is 18.1 Å². The van der Waals surface area contributed by atoms with E-state index in [2.05, 4.69) is 56.4 Å². The van der Waals surface area contributed by atoms with Gasteiger partial charge in [0.15, 0.2) is 5.65 Å². The van der Waals surface area contributed by atoms with Gasteiger partial charge in [-0.05, 0) is 41.4 Å². The van der Waals surface area contributed by atoms with Crippen LogP contribution in [0.1, 0.15) is 130 Å². The quantitative estimate of drug-likeness (QED) is 0.0214. The number of unbranched alkanes of at least 4 members (excludes halogenated alkanes) is 14. The Kier molecular flexibility index (Phi) is 22.4. The van der Waals surface area contributed by atoms with Gasteiger partial charge in [0, 0.05) is 18.9 Å². The van der Waals surface area contributed by atoms with Crippen LogP contribution in [-0.4, -0.2) is 63.4 Å². The van der Waals surface area contributed by atoms with Gasteiger partial charge in [-0.2, -0.15) is 4.98 Å². The number of fused-ring (bicyclic) bond motifs is 1. The monoisotopic (exact) mass is 812 g/mol. The van der Waals surface area contributed by atoms with Gasteiger partial charge in [-0.3, -0.25) is 4.79 Å². The number of nitrogens with two attached hydrogens (primary N) is 1. The number of nitrogens with one attached hydrogen (secondary N) is 1. The third kappa shape index (κ3) is 17.8. The molecule has 0 aromatic carbocycles. The summed E-state index contributed by atoms with van der Waals surface area (Å²) >= 11 is 2.07. The second-order valence-corrected chi connectivity index (χ2v) is 14.4. The lowest BCUT2D eigenvalue weighted by molar-refractivity contribution is -0.149. The van der Waals surface area contributed by atoms with Crippen molar-refractivity contribution in [1.29, 1.82) is 0 Å². The van der Waals surface area contributed by atoms with E-state index >= 15 is 0 Å². The Bertz CT molecular complexity index is 1290. The van der Waals surface area contributed by atoms with E-state index in [-0.39, 0.29) is 43.6 Å². The molecule has 13 heteroatoms. The maximum Gasteiger partial charge on any atom is 0.408 e. The van der Waals surface area contributed by atoms with E-state index in [1.807, 2.05) is 4.57 Å². The number of anilines is 1. The molecule has 0 unspecified atom stereocenters. The van der Waals surface area contributed by atoms with E-state index in [0.29, 0.717) is 34.3 Å². The van der Waals surface area contributed by atoms with Crippen LogP contribution in [0.5, 0.6) is 0 Å². The van der Waals surface area contributed by atoms with Crippen molar-refractivity contribution in [2.24, 2.45) is 11.8 Å². The molecule has 0 fully saturated rings. The first-order valence-electron chi connectivity index (χ1n) is 18.7. The van der Waals surface area contributed by atoms with Crippen molar-refractivity contribution in [2.45, 2.75) is 143 Å². The van der Waals surface area contributed by atoms with E-state index in [4.69, 9.17) is 19.9 Å². The fourth-order valence-corrected chi connectivity index (χ4v) is 6.33. The van der Waals surface area contributed by atoms with Crippen molar-refractivity contribution in [3.63, 3.8) is 0 Å². The van der Waals surface area contributed by atoms with Gasteiger partial charge in [-0.1, -0.05) is 123 Å². The number of aromatic nitrogens is 4. The first-order valence-corrected chi connectivity index (χ1v) is 19.7. The van der Waals surface area contributed by atoms with Crippen LogP contribution >= 0.6 is 22.6 Å². The van der Waals surface area contributed by atoms with Crippen LogP contribution in [0.4, 0.5) is 10.7 Å². The van der Waals surface area contributed by atoms with Crippen LogP contribution in [0, 0.1) is 15.5 Å². The van der Waals surface area contributed by atoms with Gasteiger partial charge < -0.3 is 29.8 Å². The molecule has 0 aliphatic carbocycles. The van der Waals surface area contributed by atoms with Crippen molar-refractivity contribution in [3.05, 3.63) is 22.7 Å². The average Bonchev–Trinajstić information content (AvgIpc) is 3.48. The summed E-state index contributed by atoms with van der Waals surface area (Å²) < 4.78 is 18.7. The summed E-state index contributed by atoms with van der Waals surface area (Å²) in [5.74, 6) is -1.09. The highest BCUT2D eigenvalue weighted by atomic mass is 127. The highest BCUT2D eigenvalue weighted by Gasteiger charge is 2.27. The number of halogens is 1. The Morgan fingerprint density at radius 1 is 0.920 bits per heavy atom. The highest BCUT2D eigenvalue weighted by molar-refractivity contribution is 14.1. The predicted octanol–water partition coefficient (Wildman–Crippen LogP) is 8.30. The number of nitrogen functional groups attached to an aromatic ring is 1. The first kappa shape index (κ1) is 43.2. The fourth-order valence-electron chi connectivity index (χ4n) is 5.71. The Morgan fingerprint density at radius 3 is 2.10 bits per heavy atom. The van der Waals surface area contributed by atoms with Gasteiger partial charge in [0.25, 0.3) is 0 Å². The third-order valence-electron chi connectivity index (χ3n) is 8.65. The molecule has 12 nitrogen and oxygen atoms in total. The van der Waals surface area contributed by atoms with Crippen LogP contribution in [0.25, 0.3) is 11.2 Å². The molecule has 3 N–H and O–H groups in total. The molecule has 0 saturated carbocycles. The summed E-state index contributed by atoms with van der Waals surface area (Å²) in [4.78, 5) is 50.6. The topological polar surface area (TPSA) is 161 Å². The Balaban J connectivity index is 1.78. The molecule has 282 valence electrons. The molecule has 2 aromatic rings. The number of ether oxygens (including phenoxy) is 3. The zero-order valence-electron chi connectivity index (χ0n) is 30.6. The van der Waals surface area contributed by atoms with Crippen molar-refractivity contribution >= 4 is 57.7 Å². The second kappa shape index (κ2) is 25.9. The number of imidazole rings is 1. The average molecular weight is 813 g/mol. The summed E-state index contributed by atoms with van der Waals surface area (Å²) in [5.41, 5.74) is 7.11. The summed E-state index contributed by atoms with van der Waals surface area (Å²) in [6, 6.07) is -0.877. The number of rotatable bonds is 28. The normalized spacial score (nSPS) is 12.5. The number of nitrogens with zero attached hydrogens (tertiary/aromatic N) is 4. The summed E-state index contributed by atoms with van der Waals surface area (Å²) in [6.07, 6.45) is 22.2. The molecule has 50 heavy (non-hydrogen) atoms. The standard InChI is InChI=1S/C37H61IN6O6/c1-5-7-8-9-10-11-12-13-14-15-16-17-18-19-20-21-30(45)50-26-29(25-44-27-40-32-33(38)42-36(39)43-34(32)44)22-24-48-35(46)31(28(3)4)41-37(47)49-23-6-2/h6,27-29,31H,2,5,7-26H2,1,3-4H3,(H,41,47)(H2,39,42,43)/t29-,31+/m1/s1. The lowest BCUT2D eigenvalue weighted by Crippen LogP contribution is -2.45. The minimum atomic E-state index is -0.877. The fraction of sp³-hybridized carbons (Fsp3) is 0.730. The molecule has 2 heterocycles. The first-order chi connectivity index (χ1) is 24.2. The van der Waals surface area contributed by atoms with E-state index in [1.54, 1.807) is 20.2 Å². The number of amides is 1. The van der Waals surface area contributed by atoms with E-state index in [1.165, 1.54) is 83.1 Å². The minimum Gasteiger partial charge on any atom is -0.465 e. The van der Waals surface area contributed by atoms with Crippen LogP contribution < -0.4 is 11.1 Å². The van der Waals surface area contributed by atoms with Crippen molar-refractivity contribution in [2.75, 3.05) is 25.6 Å². The summed E-state index contributed by atoms with van der Waals surface area (Å²) in [6.45, 7) is 10.0. The number of hydrogen-bond acceptors (Lipinski definition) is 10. The number of carbonyl (C=O) groups excluding carboxylic acids is 3. The molecular weight excluding hydrogens is 751 g/mol. The Labute approximate surface area is 312 Å².